The molecule has 2 aromatic heterocycles. The number of imidazole rings is 1. The number of hydrogen-bond acceptors (Lipinski definition) is 3. The summed E-state index contributed by atoms with van der Waals surface area (Å²) in [5.74, 6) is 1.22. The minimum atomic E-state index is -0.465. The highest BCUT2D eigenvalue weighted by molar-refractivity contribution is 9.10. The number of amides is 1. The maximum Gasteiger partial charge on any atom is 0.410 e. The van der Waals surface area contributed by atoms with Gasteiger partial charge in [0.1, 0.15) is 16.0 Å². The van der Waals surface area contributed by atoms with Gasteiger partial charge in [-0.05, 0) is 61.7 Å². The molecule has 1 saturated heterocycles. The molecule has 3 heterocycles. The molecule has 0 saturated carbocycles. The second-order valence-corrected chi connectivity index (χ2v) is 7.73. The number of halogens is 1. The van der Waals surface area contributed by atoms with Crippen LogP contribution in [0, 0.1) is 0 Å². The minimum absolute atomic E-state index is 0.220. The molecular weight excluding hydrogens is 358 g/mol. The fourth-order valence-electron chi connectivity index (χ4n) is 2.99. The van der Waals surface area contributed by atoms with Gasteiger partial charge in [-0.15, -0.1) is 0 Å². The molecule has 1 amide bonds. The summed E-state index contributed by atoms with van der Waals surface area (Å²) in [4.78, 5) is 18.8. The zero-order valence-corrected chi connectivity index (χ0v) is 15.3. The number of fused-ring (bicyclic) bond motifs is 1. The van der Waals surface area contributed by atoms with Gasteiger partial charge < -0.3 is 14.0 Å². The lowest BCUT2D eigenvalue weighted by molar-refractivity contribution is 0.0196. The Morgan fingerprint density at radius 3 is 2.91 bits per heavy atom. The molecule has 6 heteroatoms. The fraction of sp³-hybridized carbons (Fsp3) is 0.529. The largest absolute Gasteiger partial charge is 0.444 e. The summed E-state index contributed by atoms with van der Waals surface area (Å²) < 4.78 is 8.46. The van der Waals surface area contributed by atoms with E-state index >= 15 is 0 Å². The van der Waals surface area contributed by atoms with Gasteiger partial charge in [0.2, 0.25) is 0 Å². The first-order valence-electron chi connectivity index (χ1n) is 7.95. The molecule has 2 aromatic rings. The van der Waals surface area contributed by atoms with Crippen molar-refractivity contribution in [1.29, 1.82) is 0 Å². The molecule has 124 valence electrons. The minimum Gasteiger partial charge on any atom is -0.444 e. The number of carbonyl (C=O) groups is 1. The van der Waals surface area contributed by atoms with Crippen LogP contribution in [-0.4, -0.2) is 39.1 Å². The summed E-state index contributed by atoms with van der Waals surface area (Å²) in [6.45, 7) is 7.08. The Hall–Kier alpha value is -1.56. The van der Waals surface area contributed by atoms with E-state index in [0.29, 0.717) is 6.54 Å². The molecule has 1 aliphatic heterocycles. The van der Waals surface area contributed by atoms with E-state index in [1.807, 2.05) is 45.2 Å². The molecule has 23 heavy (non-hydrogen) atoms. The van der Waals surface area contributed by atoms with Gasteiger partial charge in [0.25, 0.3) is 0 Å². The third-order valence-electron chi connectivity index (χ3n) is 3.97. The second kappa shape index (κ2) is 6.15. The van der Waals surface area contributed by atoms with Crippen molar-refractivity contribution in [3.8, 4) is 0 Å². The molecular formula is C17H22BrN3O2. The van der Waals surface area contributed by atoms with Gasteiger partial charge in [0, 0.05) is 25.2 Å². The van der Waals surface area contributed by atoms with Crippen LogP contribution >= 0.6 is 15.9 Å². The van der Waals surface area contributed by atoms with Crippen LogP contribution in [0.5, 0.6) is 0 Å². The zero-order chi connectivity index (χ0) is 16.6. The Morgan fingerprint density at radius 2 is 2.17 bits per heavy atom. The number of ether oxygens (including phenoxy) is 1. The Morgan fingerprint density at radius 1 is 1.39 bits per heavy atom. The van der Waals surface area contributed by atoms with E-state index in [4.69, 9.17) is 4.74 Å². The molecule has 1 atom stereocenters. The van der Waals surface area contributed by atoms with Gasteiger partial charge in [-0.25, -0.2) is 9.78 Å². The van der Waals surface area contributed by atoms with Crippen LogP contribution in [0.3, 0.4) is 0 Å². The highest BCUT2D eigenvalue weighted by atomic mass is 79.9. The Labute approximate surface area is 144 Å². The normalized spacial score (nSPS) is 19.1. The molecule has 0 unspecified atom stereocenters. The van der Waals surface area contributed by atoms with Crippen LogP contribution in [0.25, 0.3) is 5.52 Å². The first-order valence-corrected chi connectivity index (χ1v) is 8.75. The number of rotatable bonds is 1. The third kappa shape index (κ3) is 3.52. The van der Waals surface area contributed by atoms with Crippen LogP contribution < -0.4 is 0 Å². The SMILES string of the molecule is CC(C)(C)OC(=O)N1CCC[C@@H](c2nc(Br)c3ccccn23)C1. The highest BCUT2D eigenvalue weighted by Crippen LogP contribution is 2.30. The summed E-state index contributed by atoms with van der Waals surface area (Å²) >= 11 is 3.53. The van der Waals surface area contributed by atoms with E-state index in [1.165, 1.54) is 0 Å². The number of aromatic nitrogens is 2. The average Bonchev–Trinajstić information content (AvgIpc) is 2.83. The monoisotopic (exact) mass is 379 g/mol. The summed E-state index contributed by atoms with van der Waals surface area (Å²) in [6.07, 6.45) is 3.78. The van der Waals surface area contributed by atoms with Gasteiger partial charge >= 0.3 is 6.09 Å². The number of likely N-dealkylation sites (tertiary alicyclic amines) is 1. The van der Waals surface area contributed by atoms with Crippen LogP contribution in [-0.2, 0) is 4.74 Å². The van der Waals surface area contributed by atoms with Crippen molar-refractivity contribution in [2.24, 2.45) is 0 Å². The van der Waals surface area contributed by atoms with E-state index in [-0.39, 0.29) is 12.0 Å². The number of piperidine rings is 1. The van der Waals surface area contributed by atoms with Crippen LogP contribution in [0.15, 0.2) is 29.0 Å². The number of nitrogens with zero attached hydrogens (tertiary/aromatic N) is 3. The van der Waals surface area contributed by atoms with Gasteiger partial charge in [-0.2, -0.15) is 0 Å². The quantitative estimate of drug-likeness (QED) is 0.745. The summed E-state index contributed by atoms with van der Waals surface area (Å²) in [7, 11) is 0. The van der Waals surface area contributed by atoms with Crippen molar-refractivity contribution in [2.45, 2.75) is 45.1 Å². The molecule has 0 bridgehead atoms. The van der Waals surface area contributed by atoms with Crippen molar-refractivity contribution in [3.05, 3.63) is 34.8 Å². The molecule has 1 fully saturated rings. The van der Waals surface area contributed by atoms with Crippen molar-refractivity contribution in [3.63, 3.8) is 0 Å². The zero-order valence-electron chi connectivity index (χ0n) is 13.8. The second-order valence-electron chi connectivity index (χ2n) is 6.98. The molecule has 0 radical (unpaired) electrons. The van der Waals surface area contributed by atoms with Crippen molar-refractivity contribution >= 4 is 27.5 Å². The molecule has 0 N–H and O–H groups in total. The van der Waals surface area contributed by atoms with Gasteiger partial charge in [0.15, 0.2) is 0 Å². The average molecular weight is 380 g/mol. The summed E-state index contributed by atoms with van der Waals surface area (Å²) in [5, 5.41) is 0. The Kier molecular flexibility index (Phi) is 4.36. The molecule has 3 rings (SSSR count). The van der Waals surface area contributed by atoms with E-state index in [2.05, 4.69) is 25.3 Å². The first-order chi connectivity index (χ1) is 10.8. The first kappa shape index (κ1) is 16.3. The van der Waals surface area contributed by atoms with Crippen molar-refractivity contribution < 1.29 is 9.53 Å². The number of carbonyl (C=O) groups excluding carboxylic acids is 1. The van der Waals surface area contributed by atoms with E-state index in [0.717, 1.165) is 35.3 Å². The van der Waals surface area contributed by atoms with Gasteiger partial charge in [0.05, 0.1) is 5.52 Å². The molecule has 0 aromatic carbocycles. The highest BCUT2D eigenvalue weighted by Gasteiger charge is 2.30. The topological polar surface area (TPSA) is 46.8 Å². The lowest BCUT2D eigenvalue weighted by Crippen LogP contribution is -2.42. The lowest BCUT2D eigenvalue weighted by Gasteiger charge is -2.33. The van der Waals surface area contributed by atoms with Crippen LogP contribution in [0.4, 0.5) is 4.79 Å². The predicted molar refractivity (Wildman–Crippen MR) is 92.7 cm³/mol. The Balaban J connectivity index is 1.82. The Bertz CT molecular complexity index is 720. The van der Waals surface area contributed by atoms with Crippen molar-refractivity contribution in [1.82, 2.24) is 14.3 Å². The van der Waals surface area contributed by atoms with Crippen molar-refractivity contribution in [2.75, 3.05) is 13.1 Å². The van der Waals surface area contributed by atoms with Gasteiger partial charge in [-0.1, -0.05) is 6.07 Å². The molecule has 1 aliphatic rings. The maximum absolute atomic E-state index is 12.3. The lowest BCUT2D eigenvalue weighted by atomic mass is 9.97. The number of hydrogen-bond donors (Lipinski definition) is 0. The number of pyridine rings is 1. The summed E-state index contributed by atoms with van der Waals surface area (Å²) in [5.41, 5.74) is 0.587. The summed E-state index contributed by atoms with van der Waals surface area (Å²) in [6, 6.07) is 6.04. The van der Waals surface area contributed by atoms with Crippen LogP contribution in [0.2, 0.25) is 0 Å². The van der Waals surface area contributed by atoms with E-state index < -0.39 is 5.60 Å². The fourth-order valence-corrected chi connectivity index (χ4v) is 3.50. The maximum atomic E-state index is 12.3. The van der Waals surface area contributed by atoms with Crippen LogP contribution in [0.1, 0.15) is 45.4 Å². The predicted octanol–water partition coefficient (Wildman–Crippen LogP) is 4.21. The standard InChI is InChI=1S/C17H22BrN3O2/c1-17(2,3)23-16(22)20-9-6-7-12(11-20)15-19-14(18)13-8-4-5-10-21(13)15/h4-5,8,10,12H,6-7,9,11H2,1-3H3/t12-/m1/s1. The molecule has 0 aliphatic carbocycles. The van der Waals surface area contributed by atoms with E-state index in [1.54, 1.807) is 4.90 Å². The molecule has 0 spiro atoms. The van der Waals surface area contributed by atoms with E-state index in [9.17, 15) is 4.79 Å². The molecule has 5 nitrogen and oxygen atoms in total. The third-order valence-corrected chi connectivity index (χ3v) is 4.55. The van der Waals surface area contributed by atoms with Gasteiger partial charge in [-0.3, -0.25) is 0 Å². The smallest absolute Gasteiger partial charge is 0.410 e.